The van der Waals surface area contributed by atoms with Gasteiger partial charge >= 0.3 is 12.0 Å². The SMILES string of the molecule is CCCN(CC(=O)N(C)C)C(=O)NCC(CC)CC(=O)O. The van der Waals surface area contributed by atoms with Gasteiger partial charge in [0.2, 0.25) is 5.91 Å². The first kappa shape index (κ1) is 19.2. The van der Waals surface area contributed by atoms with Gasteiger partial charge in [0.15, 0.2) is 0 Å². The second-order valence-corrected chi connectivity index (χ2v) is 5.27. The van der Waals surface area contributed by atoms with Crippen LogP contribution >= 0.6 is 0 Å². The van der Waals surface area contributed by atoms with E-state index < -0.39 is 5.97 Å². The minimum absolute atomic E-state index is 0.0290. The Kier molecular flexibility index (Phi) is 9.16. The van der Waals surface area contributed by atoms with E-state index in [2.05, 4.69) is 5.32 Å². The van der Waals surface area contributed by atoms with Gasteiger partial charge in [0.05, 0.1) is 0 Å². The zero-order valence-corrected chi connectivity index (χ0v) is 13.4. The third kappa shape index (κ3) is 8.16. The number of urea groups is 1. The van der Waals surface area contributed by atoms with Crippen molar-refractivity contribution >= 4 is 17.9 Å². The van der Waals surface area contributed by atoms with Crippen LogP contribution in [-0.4, -0.2) is 66.5 Å². The molecule has 0 saturated heterocycles. The number of amides is 3. The highest BCUT2D eigenvalue weighted by atomic mass is 16.4. The molecule has 0 rings (SSSR count). The first-order valence-electron chi connectivity index (χ1n) is 7.26. The molecule has 2 N–H and O–H groups in total. The van der Waals surface area contributed by atoms with Crippen molar-refractivity contribution in [3.63, 3.8) is 0 Å². The summed E-state index contributed by atoms with van der Waals surface area (Å²) >= 11 is 0. The number of nitrogens with one attached hydrogen (secondary N) is 1. The number of aliphatic carboxylic acids is 1. The van der Waals surface area contributed by atoms with Crippen LogP contribution in [0.4, 0.5) is 4.79 Å². The Morgan fingerprint density at radius 1 is 1.19 bits per heavy atom. The van der Waals surface area contributed by atoms with Crippen LogP contribution in [0.2, 0.25) is 0 Å². The second kappa shape index (κ2) is 10.0. The molecule has 0 aromatic rings. The van der Waals surface area contributed by atoms with Crippen molar-refractivity contribution in [1.29, 1.82) is 0 Å². The molecule has 1 atom stereocenters. The number of rotatable bonds is 9. The van der Waals surface area contributed by atoms with E-state index in [1.807, 2.05) is 13.8 Å². The Balaban J connectivity index is 4.46. The number of likely N-dealkylation sites (N-methyl/N-ethyl adjacent to an activating group) is 1. The van der Waals surface area contributed by atoms with Crippen molar-refractivity contribution in [2.45, 2.75) is 33.1 Å². The second-order valence-electron chi connectivity index (χ2n) is 5.27. The largest absolute Gasteiger partial charge is 0.481 e. The van der Waals surface area contributed by atoms with Crippen LogP contribution < -0.4 is 5.32 Å². The molecule has 0 spiro atoms. The van der Waals surface area contributed by atoms with Gasteiger partial charge in [-0.2, -0.15) is 0 Å². The Hall–Kier alpha value is -1.79. The molecular formula is C14H27N3O4. The summed E-state index contributed by atoms with van der Waals surface area (Å²) in [6, 6.07) is -0.323. The minimum Gasteiger partial charge on any atom is -0.481 e. The van der Waals surface area contributed by atoms with Crippen molar-refractivity contribution in [3.05, 3.63) is 0 Å². The van der Waals surface area contributed by atoms with Crippen LogP contribution in [0, 0.1) is 5.92 Å². The number of carbonyl (C=O) groups is 3. The fraction of sp³-hybridized carbons (Fsp3) is 0.786. The molecule has 21 heavy (non-hydrogen) atoms. The normalized spacial score (nSPS) is 11.6. The Morgan fingerprint density at radius 3 is 2.24 bits per heavy atom. The number of hydrogen-bond donors (Lipinski definition) is 2. The molecule has 3 amide bonds. The molecule has 0 aromatic carbocycles. The summed E-state index contributed by atoms with van der Waals surface area (Å²) < 4.78 is 0. The van der Waals surface area contributed by atoms with E-state index in [-0.39, 0.29) is 30.8 Å². The van der Waals surface area contributed by atoms with Crippen molar-refractivity contribution in [1.82, 2.24) is 15.1 Å². The van der Waals surface area contributed by atoms with Crippen molar-refractivity contribution in [2.75, 3.05) is 33.7 Å². The third-order valence-corrected chi connectivity index (χ3v) is 3.19. The molecule has 0 heterocycles. The summed E-state index contributed by atoms with van der Waals surface area (Å²) in [4.78, 5) is 37.4. The zero-order chi connectivity index (χ0) is 16.4. The van der Waals surface area contributed by atoms with Crippen LogP contribution in [0.25, 0.3) is 0 Å². The first-order chi connectivity index (χ1) is 9.81. The van der Waals surface area contributed by atoms with Gasteiger partial charge in [-0.05, 0) is 12.3 Å². The first-order valence-corrected chi connectivity index (χ1v) is 7.26. The summed E-state index contributed by atoms with van der Waals surface area (Å²) in [6.07, 6.45) is 1.46. The fourth-order valence-corrected chi connectivity index (χ4v) is 1.78. The van der Waals surface area contributed by atoms with Gasteiger partial charge in [0.25, 0.3) is 0 Å². The molecule has 0 fully saturated rings. The van der Waals surface area contributed by atoms with Crippen molar-refractivity contribution in [3.8, 4) is 0 Å². The van der Waals surface area contributed by atoms with E-state index >= 15 is 0 Å². The van der Waals surface area contributed by atoms with Crippen molar-refractivity contribution < 1.29 is 19.5 Å². The molecule has 7 nitrogen and oxygen atoms in total. The highest BCUT2D eigenvalue weighted by Gasteiger charge is 2.19. The zero-order valence-electron chi connectivity index (χ0n) is 13.4. The van der Waals surface area contributed by atoms with Gasteiger partial charge in [0.1, 0.15) is 6.54 Å². The standard InChI is InChI=1S/C14H27N3O4/c1-5-7-17(10-12(18)16(3)4)14(21)15-9-11(6-2)8-13(19)20/h11H,5-10H2,1-4H3,(H,15,21)(H,19,20). The highest BCUT2D eigenvalue weighted by molar-refractivity contribution is 5.83. The summed E-state index contributed by atoms with van der Waals surface area (Å²) in [5.74, 6) is -1.11. The molecule has 0 aliphatic carbocycles. The summed E-state index contributed by atoms with van der Waals surface area (Å²) in [7, 11) is 3.29. The Labute approximate surface area is 126 Å². The lowest BCUT2D eigenvalue weighted by Gasteiger charge is -2.24. The smallest absolute Gasteiger partial charge is 0.317 e. The molecule has 1 unspecified atom stereocenters. The van der Waals surface area contributed by atoms with E-state index in [0.29, 0.717) is 19.5 Å². The lowest BCUT2D eigenvalue weighted by Crippen LogP contribution is -2.46. The van der Waals surface area contributed by atoms with Crippen LogP contribution in [-0.2, 0) is 9.59 Å². The predicted octanol–water partition coefficient (Wildman–Crippen LogP) is 0.997. The Bertz CT molecular complexity index is 358. The van der Waals surface area contributed by atoms with Crippen LogP contribution in [0.1, 0.15) is 33.1 Å². The van der Waals surface area contributed by atoms with Gasteiger partial charge in [-0.3, -0.25) is 9.59 Å². The quantitative estimate of drug-likeness (QED) is 0.665. The molecule has 0 aromatic heterocycles. The topological polar surface area (TPSA) is 90.0 Å². The van der Waals surface area contributed by atoms with E-state index in [0.717, 1.165) is 6.42 Å². The van der Waals surface area contributed by atoms with E-state index in [4.69, 9.17) is 5.11 Å². The maximum Gasteiger partial charge on any atom is 0.317 e. The average Bonchev–Trinajstić information content (AvgIpc) is 2.41. The summed E-state index contributed by atoms with van der Waals surface area (Å²) in [6.45, 7) is 4.64. The molecule has 122 valence electrons. The molecule has 0 aliphatic rings. The summed E-state index contributed by atoms with van der Waals surface area (Å²) in [5, 5.41) is 11.5. The van der Waals surface area contributed by atoms with E-state index in [9.17, 15) is 14.4 Å². The Morgan fingerprint density at radius 2 is 1.81 bits per heavy atom. The molecule has 0 radical (unpaired) electrons. The molecule has 0 saturated carbocycles. The fourth-order valence-electron chi connectivity index (χ4n) is 1.78. The maximum atomic E-state index is 12.1. The number of hydrogen-bond acceptors (Lipinski definition) is 3. The molecule has 7 heteroatoms. The summed E-state index contributed by atoms with van der Waals surface area (Å²) in [5.41, 5.74) is 0. The number of carboxylic acids is 1. The number of carbonyl (C=O) groups excluding carboxylic acids is 2. The molecular weight excluding hydrogens is 274 g/mol. The number of nitrogens with zero attached hydrogens (tertiary/aromatic N) is 2. The van der Waals surface area contributed by atoms with Crippen molar-refractivity contribution in [2.24, 2.45) is 5.92 Å². The van der Waals surface area contributed by atoms with Gasteiger partial charge in [-0.15, -0.1) is 0 Å². The lowest BCUT2D eigenvalue weighted by atomic mass is 10.0. The van der Waals surface area contributed by atoms with Gasteiger partial charge in [-0.1, -0.05) is 20.3 Å². The monoisotopic (exact) mass is 301 g/mol. The van der Waals surface area contributed by atoms with Crippen LogP contribution in [0.3, 0.4) is 0 Å². The maximum absolute atomic E-state index is 12.1. The third-order valence-electron chi connectivity index (χ3n) is 3.19. The predicted molar refractivity (Wildman–Crippen MR) is 80.0 cm³/mol. The molecule has 0 bridgehead atoms. The highest BCUT2D eigenvalue weighted by Crippen LogP contribution is 2.07. The molecule has 0 aliphatic heterocycles. The van der Waals surface area contributed by atoms with Crippen LogP contribution in [0.5, 0.6) is 0 Å². The lowest BCUT2D eigenvalue weighted by molar-refractivity contribution is -0.138. The van der Waals surface area contributed by atoms with E-state index in [1.54, 1.807) is 14.1 Å². The van der Waals surface area contributed by atoms with Gasteiger partial charge < -0.3 is 20.2 Å². The van der Waals surface area contributed by atoms with E-state index in [1.165, 1.54) is 9.80 Å². The number of carboxylic acid groups (broad SMARTS) is 1. The average molecular weight is 301 g/mol. The van der Waals surface area contributed by atoms with Gasteiger partial charge in [-0.25, -0.2) is 4.79 Å². The minimum atomic E-state index is -0.871. The van der Waals surface area contributed by atoms with Gasteiger partial charge in [0, 0.05) is 33.6 Å². The van der Waals surface area contributed by atoms with Crippen LogP contribution in [0.15, 0.2) is 0 Å².